The number of aromatic nitrogens is 2. The first kappa shape index (κ1) is 17.3. The number of para-hydroxylation sites is 1. The van der Waals surface area contributed by atoms with Crippen LogP contribution < -0.4 is 10.6 Å². The van der Waals surface area contributed by atoms with Gasteiger partial charge in [-0.2, -0.15) is 4.98 Å². The number of quaternary nitrogens is 1. The minimum absolute atomic E-state index is 0.138. The highest BCUT2D eigenvalue weighted by atomic mass is 16.3. The molecule has 0 aliphatic carbocycles. The lowest BCUT2D eigenvalue weighted by atomic mass is 10.1. The zero-order valence-electron chi connectivity index (χ0n) is 13.9. The van der Waals surface area contributed by atoms with Crippen molar-refractivity contribution < 1.29 is 15.5 Å². The molecule has 3 rings (SSSR count). The highest BCUT2D eigenvalue weighted by molar-refractivity contribution is 5.53. The Balaban J connectivity index is 1.67. The summed E-state index contributed by atoms with van der Waals surface area (Å²) < 4.78 is 0. The molecule has 0 unspecified atom stereocenters. The molecule has 8 nitrogen and oxygen atoms in total. The van der Waals surface area contributed by atoms with Gasteiger partial charge in [0.15, 0.2) is 17.2 Å². The fraction of sp³-hybridized carbons (Fsp3) is 0.111. The average Bonchev–Trinajstić information content (AvgIpc) is 2.66. The second-order valence-corrected chi connectivity index (χ2v) is 5.63. The molecule has 6 N–H and O–H groups in total. The van der Waals surface area contributed by atoms with Crippen molar-refractivity contribution in [2.24, 2.45) is 5.11 Å². The second kappa shape index (κ2) is 8.04. The van der Waals surface area contributed by atoms with Gasteiger partial charge in [0.2, 0.25) is 5.95 Å². The monoisotopic (exact) mass is 351 g/mol. The molecule has 1 aromatic heterocycles. The molecule has 26 heavy (non-hydrogen) atoms. The lowest BCUT2D eigenvalue weighted by Gasteiger charge is -2.07. The van der Waals surface area contributed by atoms with Crippen LogP contribution in [0.5, 0.6) is 11.5 Å². The van der Waals surface area contributed by atoms with Gasteiger partial charge in [-0.25, -0.2) is 10.5 Å². The first-order valence-corrected chi connectivity index (χ1v) is 8.05. The Morgan fingerprint density at radius 1 is 1.08 bits per heavy atom. The normalized spacial score (nSPS) is 10.5. The zero-order valence-corrected chi connectivity index (χ0v) is 13.9. The Morgan fingerprint density at radius 3 is 2.62 bits per heavy atom. The van der Waals surface area contributed by atoms with Gasteiger partial charge >= 0.3 is 0 Å². The lowest BCUT2D eigenvalue weighted by molar-refractivity contribution is -0.482. The van der Waals surface area contributed by atoms with Crippen LogP contribution in [0.3, 0.4) is 0 Å². The zero-order chi connectivity index (χ0) is 18.4. The van der Waals surface area contributed by atoms with Crippen molar-refractivity contribution in [2.75, 3.05) is 11.9 Å². The van der Waals surface area contributed by atoms with Crippen molar-refractivity contribution in [3.63, 3.8) is 0 Å². The van der Waals surface area contributed by atoms with E-state index in [2.05, 4.69) is 20.4 Å². The third-order valence-corrected chi connectivity index (χ3v) is 3.76. The molecule has 0 aliphatic rings. The van der Waals surface area contributed by atoms with E-state index in [4.69, 9.17) is 5.53 Å². The van der Waals surface area contributed by atoms with Gasteiger partial charge in [-0.05, 0) is 36.2 Å². The Kier molecular flexibility index (Phi) is 5.35. The van der Waals surface area contributed by atoms with E-state index in [1.54, 1.807) is 6.07 Å². The first-order valence-electron chi connectivity index (χ1n) is 8.05. The van der Waals surface area contributed by atoms with Crippen molar-refractivity contribution in [1.82, 2.24) is 9.97 Å². The highest BCUT2D eigenvalue weighted by Crippen LogP contribution is 2.25. The molecule has 2 aromatic carbocycles. The van der Waals surface area contributed by atoms with Gasteiger partial charge in [0.1, 0.15) is 5.69 Å². The van der Waals surface area contributed by atoms with Crippen LogP contribution >= 0.6 is 0 Å². The number of hydrogen-bond donors (Lipinski definition) is 5. The average molecular weight is 351 g/mol. The fourth-order valence-corrected chi connectivity index (χ4v) is 2.42. The molecule has 0 saturated carbocycles. The first-order chi connectivity index (χ1) is 12.7. The predicted molar refractivity (Wildman–Crippen MR) is 96.5 cm³/mol. The summed E-state index contributed by atoms with van der Waals surface area (Å²) in [5, 5.41) is 27.3. The largest absolute Gasteiger partial charge is 0.504 e. The molecular formula is C18H19N6O2+. The molecule has 1 heterocycles. The minimum atomic E-state index is -0.139. The summed E-state index contributed by atoms with van der Waals surface area (Å²) in [5.74, 6) is 0.717. The number of nitrogens with zero attached hydrogens (tertiary/aromatic N) is 3. The second-order valence-electron chi connectivity index (χ2n) is 5.63. The Hall–Kier alpha value is -3.52. The predicted octanol–water partition coefficient (Wildman–Crippen LogP) is 2.73. The van der Waals surface area contributed by atoms with Crippen LogP contribution in [0, 0.1) is 5.53 Å². The van der Waals surface area contributed by atoms with Gasteiger partial charge in [0.05, 0.1) is 6.20 Å². The van der Waals surface area contributed by atoms with Crippen LogP contribution in [0.1, 0.15) is 5.56 Å². The third kappa shape index (κ3) is 4.31. The van der Waals surface area contributed by atoms with Crippen molar-refractivity contribution in [3.05, 3.63) is 60.3 Å². The molecule has 0 saturated heterocycles. The standard InChI is InChI=1S/C18H18N6O2/c19-24-14-11-21-18(23-17(14)22-13-4-2-1-3-5-13)20-9-8-12-6-7-15(25)16(26)10-12/h1-7,10-11,19,25-26H,8-9H2,(H2,20,21,22,23)/p+1. The van der Waals surface area contributed by atoms with Crippen molar-refractivity contribution >= 4 is 23.1 Å². The van der Waals surface area contributed by atoms with Crippen LogP contribution in [0.25, 0.3) is 0 Å². The van der Waals surface area contributed by atoms with Crippen LogP contribution in [-0.2, 0) is 6.42 Å². The molecule has 0 radical (unpaired) electrons. The van der Waals surface area contributed by atoms with Gasteiger partial charge in [0.25, 0.3) is 5.82 Å². The van der Waals surface area contributed by atoms with E-state index >= 15 is 0 Å². The summed E-state index contributed by atoms with van der Waals surface area (Å²) in [6.45, 7) is 0.548. The molecule has 0 aliphatic heterocycles. The maximum absolute atomic E-state index is 9.52. The topological polar surface area (TPSA) is 131 Å². The van der Waals surface area contributed by atoms with E-state index < -0.39 is 0 Å². The summed E-state index contributed by atoms with van der Waals surface area (Å²) in [6.07, 6.45) is 2.13. The van der Waals surface area contributed by atoms with E-state index in [9.17, 15) is 10.2 Å². The Morgan fingerprint density at radius 2 is 1.88 bits per heavy atom. The molecule has 0 fully saturated rings. The maximum atomic E-state index is 9.52. The summed E-state index contributed by atoms with van der Waals surface area (Å²) in [7, 11) is 0. The summed E-state index contributed by atoms with van der Waals surface area (Å²) >= 11 is 0. The molecule has 0 atom stereocenters. The number of phenolic OH excluding ortho intramolecular Hbond substituents is 2. The number of aromatic hydroxyl groups is 2. The Labute approximate surface area is 150 Å². The molecular weight excluding hydrogens is 332 g/mol. The van der Waals surface area contributed by atoms with E-state index in [0.29, 0.717) is 30.4 Å². The van der Waals surface area contributed by atoms with E-state index in [0.717, 1.165) is 11.3 Å². The summed E-state index contributed by atoms with van der Waals surface area (Å²) in [5.41, 5.74) is 9.50. The number of rotatable bonds is 7. The Bertz CT molecular complexity index is 901. The summed E-state index contributed by atoms with van der Waals surface area (Å²) in [4.78, 5) is 8.59. The lowest BCUT2D eigenvalue weighted by Crippen LogP contribution is -2.71. The van der Waals surface area contributed by atoms with Crippen LogP contribution in [0.4, 0.5) is 23.1 Å². The van der Waals surface area contributed by atoms with Gasteiger partial charge in [-0.3, -0.25) is 5.32 Å². The number of nitrogens with two attached hydrogens (primary N) is 1. The number of nitrogens with one attached hydrogen (secondary N) is 2. The van der Waals surface area contributed by atoms with Gasteiger partial charge < -0.3 is 15.5 Å². The minimum Gasteiger partial charge on any atom is -0.504 e. The van der Waals surface area contributed by atoms with Crippen molar-refractivity contribution in [3.8, 4) is 11.5 Å². The van der Waals surface area contributed by atoms with E-state index in [1.807, 2.05) is 35.6 Å². The fourth-order valence-electron chi connectivity index (χ4n) is 2.42. The van der Waals surface area contributed by atoms with E-state index in [-0.39, 0.29) is 11.5 Å². The number of hydrogen-bond acceptors (Lipinski definition) is 7. The number of anilines is 1. The third-order valence-electron chi connectivity index (χ3n) is 3.76. The van der Waals surface area contributed by atoms with Crippen molar-refractivity contribution in [2.45, 2.75) is 6.42 Å². The number of benzene rings is 2. The van der Waals surface area contributed by atoms with Gasteiger partial charge in [-0.1, -0.05) is 24.3 Å². The van der Waals surface area contributed by atoms with Crippen LogP contribution in [0.2, 0.25) is 0 Å². The molecule has 0 amide bonds. The number of phenols is 2. The molecule has 0 spiro atoms. The molecule has 0 bridgehead atoms. The van der Waals surface area contributed by atoms with E-state index in [1.165, 1.54) is 18.3 Å². The van der Waals surface area contributed by atoms with Crippen LogP contribution in [-0.4, -0.2) is 26.7 Å². The van der Waals surface area contributed by atoms with Gasteiger partial charge in [0, 0.05) is 6.54 Å². The SMILES string of the molecule is N=Nc1cnc(NCCc2ccc(O)c(O)c2)nc1[NH2+]c1ccccc1. The quantitative estimate of drug-likeness (QED) is 0.254. The molecule has 8 heteroatoms. The van der Waals surface area contributed by atoms with Crippen molar-refractivity contribution in [1.29, 1.82) is 5.53 Å². The highest BCUT2D eigenvalue weighted by Gasteiger charge is 2.12. The molecule has 132 valence electrons. The van der Waals surface area contributed by atoms with Gasteiger partial charge in [-0.15, -0.1) is 5.11 Å². The maximum Gasteiger partial charge on any atom is 0.262 e. The molecule has 3 aromatic rings. The smallest absolute Gasteiger partial charge is 0.262 e. The summed E-state index contributed by atoms with van der Waals surface area (Å²) in [6, 6.07) is 14.4. The van der Waals surface area contributed by atoms with Crippen LogP contribution in [0.15, 0.2) is 59.8 Å².